The summed E-state index contributed by atoms with van der Waals surface area (Å²) in [7, 11) is 0. The Morgan fingerprint density at radius 2 is 1.04 bits per heavy atom. The summed E-state index contributed by atoms with van der Waals surface area (Å²) in [5, 5.41) is 8.13. The molecule has 0 radical (unpaired) electrons. The maximum absolute atomic E-state index is 5.15. The van der Waals surface area contributed by atoms with Crippen LogP contribution in [0.15, 0.2) is 146 Å². The quantitative estimate of drug-likeness (QED) is 0.186. The highest BCUT2D eigenvalue weighted by molar-refractivity contribution is 6.27. The number of imidazole rings is 1. The molecule has 0 saturated heterocycles. The van der Waals surface area contributed by atoms with Crippen LogP contribution in [-0.2, 0) is 0 Å². The minimum atomic E-state index is 0.874. The number of pyridine rings is 3. The Bertz CT molecular complexity index is 3060. The number of hydrogen-bond donors (Lipinski definition) is 0. The summed E-state index contributed by atoms with van der Waals surface area (Å²) in [6, 6.07) is 43.6. The van der Waals surface area contributed by atoms with Gasteiger partial charge in [0, 0.05) is 62.3 Å². The summed E-state index contributed by atoms with van der Waals surface area (Å²) < 4.78 is 7.13. The summed E-state index contributed by atoms with van der Waals surface area (Å²) in [4.78, 5) is 14.1. The third-order valence-corrected chi connectivity index (χ3v) is 9.76. The number of fused-ring (bicyclic) bond motifs is 15. The van der Waals surface area contributed by atoms with Gasteiger partial charge in [-0.15, -0.1) is 0 Å². The summed E-state index contributed by atoms with van der Waals surface area (Å²) in [5.41, 5.74) is 10.9. The van der Waals surface area contributed by atoms with Crippen LogP contribution in [0.2, 0.25) is 0 Å². The van der Waals surface area contributed by atoms with Gasteiger partial charge in [0.15, 0.2) is 0 Å². The topological polar surface area (TPSA) is 52.9 Å². The van der Waals surface area contributed by atoms with Gasteiger partial charge in [-0.05, 0) is 60.0 Å². The van der Waals surface area contributed by atoms with Gasteiger partial charge in [-0.2, -0.15) is 0 Å². The highest BCUT2D eigenvalue weighted by Crippen LogP contribution is 2.44. The van der Waals surface area contributed by atoms with Crippen molar-refractivity contribution in [1.29, 1.82) is 0 Å². The van der Waals surface area contributed by atoms with Gasteiger partial charge in [0.1, 0.15) is 11.2 Å². The van der Waals surface area contributed by atoms with Crippen LogP contribution in [0.25, 0.3) is 93.3 Å². The van der Waals surface area contributed by atoms with Crippen LogP contribution in [-0.4, -0.2) is 28.5 Å². The van der Waals surface area contributed by atoms with E-state index in [4.69, 9.17) is 4.98 Å². The smallest absolute Gasteiger partial charge is 0.146 e. The molecule has 0 spiro atoms. The Kier molecular flexibility index (Phi) is 4.75. The van der Waals surface area contributed by atoms with E-state index in [9.17, 15) is 0 Å². The second kappa shape index (κ2) is 9.02. The zero-order chi connectivity index (χ0) is 30.6. The molecule has 6 heteroatoms. The van der Waals surface area contributed by atoms with Crippen LogP contribution >= 0.6 is 0 Å². The first kappa shape index (κ1) is 24.8. The Balaban J connectivity index is 1.42. The zero-order valence-corrected chi connectivity index (χ0v) is 25.0. The second-order valence-electron chi connectivity index (χ2n) is 12.2. The van der Waals surface area contributed by atoms with Crippen molar-refractivity contribution in [2.45, 2.75) is 0 Å². The Labute approximate surface area is 267 Å². The Morgan fingerprint density at radius 1 is 0.404 bits per heavy atom. The molecule has 0 aliphatic heterocycles. The Morgan fingerprint density at radius 3 is 1.81 bits per heavy atom. The van der Waals surface area contributed by atoms with Crippen molar-refractivity contribution in [2.75, 3.05) is 0 Å². The minimum absolute atomic E-state index is 0.874. The van der Waals surface area contributed by atoms with Crippen LogP contribution in [0, 0.1) is 0 Å². The lowest BCUT2D eigenvalue weighted by Crippen LogP contribution is -1.98. The van der Waals surface area contributed by atoms with Gasteiger partial charge in [0.05, 0.1) is 39.3 Å². The lowest BCUT2D eigenvalue weighted by atomic mass is 10.0. The van der Waals surface area contributed by atoms with Crippen molar-refractivity contribution in [3.8, 4) is 11.4 Å². The molecule has 11 aromatic rings. The van der Waals surface area contributed by atoms with Crippen molar-refractivity contribution < 1.29 is 0 Å². The maximum atomic E-state index is 5.15. The molecule has 0 saturated carbocycles. The van der Waals surface area contributed by atoms with Crippen LogP contribution in [0.4, 0.5) is 0 Å². The van der Waals surface area contributed by atoms with E-state index in [0.29, 0.717) is 0 Å². The molecule has 11 rings (SSSR count). The molecule has 0 N–H and O–H groups in total. The third-order valence-electron chi connectivity index (χ3n) is 9.76. The van der Waals surface area contributed by atoms with Crippen molar-refractivity contribution in [3.63, 3.8) is 0 Å². The van der Waals surface area contributed by atoms with E-state index in [2.05, 4.69) is 139 Å². The van der Waals surface area contributed by atoms with Crippen LogP contribution in [0.1, 0.15) is 0 Å². The van der Waals surface area contributed by atoms with Gasteiger partial charge in [-0.25, -0.2) is 4.98 Å². The lowest BCUT2D eigenvalue weighted by Gasteiger charge is -2.13. The standard InChI is InChI=1S/C41H24N6/c1-3-9-25(10-4-1)45-35-14-8-7-13-27(35)28-15-16-29-31-21-32-30(22-38(31)46(40(29)39(28)45)26-11-5-2-6-12-26)33-23-42-19-17-36(33)47-37-18-20-43-24-34(37)44-41(32)47/h1-24H. The molecule has 5 aromatic carbocycles. The van der Waals surface area contributed by atoms with E-state index < -0.39 is 0 Å². The minimum Gasteiger partial charge on any atom is -0.307 e. The Hall–Kier alpha value is -6.53. The van der Waals surface area contributed by atoms with E-state index in [0.717, 1.165) is 55.2 Å². The van der Waals surface area contributed by atoms with E-state index in [1.165, 1.54) is 38.1 Å². The van der Waals surface area contributed by atoms with Gasteiger partial charge < -0.3 is 9.13 Å². The van der Waals surface area contributed by atoms with Crippen LogP contribution < -0.4 is 0 Å². The molecule has 0 bridgehead atoms. The number of rotatable bonds is 2. The summed E-state index contributed by atoms with van der Waals surface area (Å²) in [6.45, 7) is 0. The highest BCUT2D eigenvalue weighted by atomic mass is 15.1. The van der Waals surface area contributed by atoms with E-state index in [1.807, 2.05) is 30.9 Å². The SMILES string of the molecule is c1ccc(-n2c3ccccc3c3ccc4c5cc6c(cc5n(-c5ccccc5)c4c32)c2cnccc2n2c3ccncc3nc62)cc1. The number of nitrogens with zero attached hydrogens (tertiary/aromatic N) is 6. The van der Waals surface area contributed by atoms with Crippen molar-refractivity contribution in [2.24, 2.45) is 0 Å². The molecule has 0 atom stereocenters. The number of hydrogen-bond acceptors (Lipinski definition) is 3. The molecular formula is C41H24N6. The largest absolute Gasteiger partial charge is 0.307 e. The van der Waals surface area contributed by atoms with E-state index in [1.54, 1.807) is 0 Å². The van der Waals surface area contributed by atoms with Crippen molar-refractivity contribution in [3.05, 3.63) is 146 Å². The average Bonchev–Trinajstić information content (AvgIpc) is 3.80. The maximum Gasteiger partial charge on any atom is 0.146 e. The first-order chi connectivity index (χ1) is 23.3. The monoisotopic (exact) mass is 600 g/mol. The zero-order valence-electron chi connectivity index (χ0n) is 25.0. The molecule has 6 nitrogen and oxygen atoms in total. The predicted molar refractivity (Wildman–Crippen MR) is 192 cm³/mol. The highest BCUT2D eigenvalue weighted by Gasteiger charge is 2.23. The van der Waals surface area contributed by atoms with Gasteiger partial charge in [-0.1, -0.05) is 66.7 Å². The fraction of sp³-hybridized carbons (Fsp3) is 0. The molecule has 0 aliphatic carbocycles. The predicted octanol–water partition coefficient (Wildman–Crippen LogP) is 9.78. The number of para-hydroxylation sites is 3. The molecule has 0 aliphatic rings. The summed E-state index contributed by atoms with van der Waals surface area (Å²) in [6.07, 6.45) is 7.53. The second-order valence-corrected chi connectivity index (χ2v) is 12.2. The van der Waals surface area contributed by atoms with Gasteiger partial charge in [-0.3, -0.25) is 14.4 Å². The normalized spacial score (nSPS) is 12.3. The van der Waals surface area contributed by atoms with Crippen molar-refractivity contribution in [1.82, 2.24) is 28.5 Å². The molecule has 47 heavy (non-hydrogen) atoms. The third kappa shape index (κ3) is 3.21. The van der Waals surface area contributed by atoms with Gasteiger partial charge >= 0.3 is 0 Å². The first-order valence-corrected chi connectivity index (χ1v) is 15.8. The fourth-order valence-corrected chi connectivity index (χ4v) is 7.84. The number of benzene rings is 5. The number of aromatic nitrogens is 6. The first-order valence-electron chi connectivity index (χ1n) is 15.8. The summed E-state index contributed by atoms with van der Waals surface area (Å²) in [5.74, 6) is 0. The molecular weight excluding hydrogens is 576 g/mol. The van der Waals surface area contributed by atoms with Crippen molar-refractivity contribution >= 4 is 82.0 Å². The molecule has 0 fully saturated rings. The average molecular weight is 601 g/mol. The lowest BCUT2D eigenvalue weighted by molar-refractivity contribution is 1.15. The molecule has 218 valence electrons. The molecule has 6 aromatic heterocycles. The van der Waals surface area contributed by atoms with Crippen LogP contribution in [0.5, 0.6) is 0 Å². The molecule has 6 heterocycles. The van der Waals surface area contributed by atoms with Gasteiger partial charge in [0.2, 0.25) is 0 Å². The van der Waals surface area contributed by atoms with Crippen LogP contribution in [0.3, 0.4) is 0 Å². The molecule has 0 unspecified atom stereocenters. The summed E-state index contributed by atoms with van der Waals surface area (Å²) >= 11 is 0. The van der Waals surface area contributed by atoms with E-state index in [-0.39, 0.29) is 0 Å². The molecule has 0 amide bonds. The fourth-order valence-electron chi connectivity index (χ4n) is 7.84. The van der Waals surface area contributed by atoms with Gasteiger partial charge in [0.25, 0.3) is 0 Å². The van der Waals surface area contributed by atoms with E-state index >= 15 is 0 Å².